The van der Waals surface area contributed by atoms with Crippen LogP contribution in [0.1, 0.15) is 23.4 Å². The fourth-order valence-electron chi connectivity index (χ4n) is 3.98. The molecule has 0 spiro atoms. The molecule has 1 aromatic rings. The Hall–Kier alpha value is -2.90. The monoisotopic (exact) mass is 371 g/mol. The third-order valence-corrected chi connectivity index (χ3v) is 5.54. The molecule has 2 saturated heterocycles. The number of piperazine rings is 1. The van der Waals surface area contributed by atoms with Crippen LogP contribution in [0, 0.1) is 11.8 Å². The number of carbonyl (C=O) groups excluding carboxylic acids is 4. The third-order valence-electron chi connectivity index (χ3n) is 5.54. The largest absolute Gasteiger partial charge is 0.459 e. The minimum absolute atomic E-state index is 0.200. The number of nitrogens with zero attached hydrogens (tertiary/aromatic N) is 3. The molecule has 8 nitrogen and oxygen atoms in total. The van der Waals surface area contributed by atoms with Crippen LogP contribution < -0.4 is 0 Å². The van der Waals surface area contributed by atoms with Gasteiger partial charge in [0.2, 0.25) is 17.7 Å². The van der Waals surface area contributed by atoms with E-state index in [9.17, 15) is 19.2 Å². The van der Waals surface area contributed by atoms with E-state index in [2.05, 4.69) is 0 Å². The van der Waals surface area contributed by atoms with Gasteiger partial charge < -0.3 is 14.2 Å². The lowest BCUT2D eigenvalue weighted by Crippen LogP contribution is -2.53. The lowest BCUT2D eigenvalue weighted by atomic mass is 9.85. The molecule has 0 aromatic carbocycles. The molecule has 2 atom stereocenters. The summed E-state index contributed by atoms with van der Waals surface area (Å²) < 4.78 is 5.12. The van der Waals surface area contributed by atoms with Crippen LogP contribution in [0.25, 0.3) is 0 Å². The Morgan fingerprint density at radius 3 is 2.11 bits per heavy atom. The molecule has 1 aromatic heterocycles. The fraction of sp³-hybridized carbons (Fsp3) is 0.474. The van der Waals surface area contributed by atoms with Crippen molar-refractivity contribution in [3.8, 4) is 0 Å². The van der Waals surface area contributed by atoms with E-state index in [-0.39, 0.29) is 47.8 Å². The molecule has 8 heteroatoms. The smallest absolute Gasteiger partial charge is 0.289 e. The van der Waals surface area contributed by atoms with Crippen molar-refractivity contribution in [3.05, 3.63) is 36.3 Å². The van der Waals surface area contributed by atoms with E-state index >= 15 is 0 Å². The standard InChI is InChI=1S/C19H21N3O5/c23-16(12-22-17(24)13-4-1-2-5-14(13)18(22)25)20-7-9-21(10-8-20)19(26)15-6-3-11-27-15/h1-3,6,11,13-14H,4-5,7-10,12H2/t13-,14-/m1/s1. The van der Waals surface area contributed by atoms with Gasteiger partial charge in [-0.05, 0) is 25.0 Å². The Labute approximate surface area is 156 Å². The van der Waals surface area contributed by atoms with E-state index in [1.54, 1.807) is 21.9 Å². The predicted molar refractivity (Wildman–Crippen MR) is 93.3 cm³/mol. The second-order valence-electron chi connectivity index (χ2n) is 7.07. The Bertz CT molecular complexity index is 766. The normalized spacial score (nSPS) is 25.1. The first-order valence-corrected chi connectivity index (χ1v) is 9.17. The topological polar surface area (TPSA) is 91.1 Å². The number of imide groups is 1. The number of hydrogen-bond acceptors (Lipinski definition) is 5. The first-order valence-electron chi connectivity index (χ1n) is 9.17. The molecule has 3 heterocycles. The molecule has 1 aliphatic carbocycles. The van der Waals surface area contributed by atoms with Gasteiger partial charge in [-0.15, -0.1) is 0 Å². The molecule has 142 valence electrons. The van der Waals surface area contributed by atoms with Crippen LogP contribution in [0.4, 0.5) is 0 Å². The third kappa shape index (κ3) is 3.15. The average molecular weight is 371 g/mol. The molecule has 4 amide bonds. The Balaban J connectivity index is 1.33. The highest BCUT2D eigenvalue weighted by Gasteiger charge is 2.48. The number of fused-ring (bicyclic) bond motifs is 1. The quantitative estimate of drug-likeness (QED) is 0.571. The highest BCUT2D eigenvalue weighted by Crippen LogP contribution is 2.34. The van der Waals surface area contributed by atoms with Gasteiger partial charge in [0.25, 0.3) is 5.91 Å². The Kier molecular flexibility index (Phi) is 4.55. The summed E-state index contributed by atoms with van der Waals surface area (Å²) in [4.78, 5) is 54.2. The summed E-state index contributed by atoms with van der Waals surface area (Å²) in [6.07, 6.45) is 6.42. The molecule has 3 aliphatic rings. The second-order valence-corrected chi connectivity index (χ2v) is 7.07. The van der Waals surface area contributed by atoms with E-state index < -0.39 is 0 Å². The highest BCUT2D eigenvalue weighted by molar-refractivity contribution is 6.07. The van der Waals surface area contributed by atoms with Gasteiger partial charge in [0, 0.05) is 26.2 Å². The number of allylic oxidation sites excluding steroid dienone is 2. The summed E-state index contributed by atoms with van der Waals surface area (Å²) in [6.45, 7) is 1.31. The van der Waals surface area contributed by atoms with Crippen LogP contribution in [0.3, 0.4) is 0 Å². The molecule has 0 radical (unpaired) electrons. The lowest BCUT2D eigenvalue weighted by Gasteiger charge is -2.35. The average Bonchev–Trinajstić information content (AvgIpc) is 3.32. The van der Waals surface area contributed by atoms with Crippen LogP contribution in [0.5, 0.6) is 0 Å². The van der Waals surface area contributed by atoms with Gasteiger partial charge in [-0.1, -0.05) is 12.2 Å². The number of likely N-dealkylation sites (tertiary alicyclic amines) is 1. The number of hydrogen-bond donors (Lipinski definition) is 0. The minimum atomic E-state index is -0.321. The molecule has 4 rings (SSSR count). The van der Waals surface area contributed by atoms with Crippen molar-refractivity contribution in [2.45, 2.75) is 12.8 Å². The molecular weight excluding hydrogens is 350 g/mol. The maximum absolute atomic E-state index is 12.6. The van der Waals surface area contributed by atoms with E-state index in [0.717, 1.165) is 4.90 Å². The summed E-state index contributed by atoms with van der Waals surface area (Å²) in [5.41, 5.74) is 0. The van der Waals surface area contributed by atoms with Gasteiger partial charge in [0.15, 0.2) is 5.76 Å². The molecule has 0 unspecified atom stereocenters. The van der Waals surface area contributed by atoms with Crippen LogP contribution >= 0.6 is 0 Å². The van der Waals surface area contributed by atoms with Crippen molar-refractivity contribution in [2.75, 3.05) is 32.7 Å². The Morgan fingerprint density at radius 1 is 0.963 bits per heavy atom. The van der Waals surface area contributed by atoms with E-state index in [1.165, 1.54) is 6.26 Å². The zero-order valence-corrected chi connectivity index (χ0v) is 14.9. The zero-order valence-electron chi connectivity index (χ0n) is 14.9. The molecule has 2 aliphatic heterocycles. The summed E-state index contributed by atoms with van der Waals surface area (Å²) in [6, 6.07) is 3.27. The van der Waals surface area contributed by atoms with Crippen molar-refractivity contribution in [2.24, 2.45) is 11.8 Å². The Morgan fingerprint density at radius 2 is 1.56 bits per heavy atom. The summed E-state index contributed by atoms with van der Waals surface area (Å²) in [7, 11) is 0. The predicted octanol–water partition coefficient (Wildman–Crippen LogP) is 0.515. The lowest BCUT2D eigenvalue weighted by molar-refractivity contribution is -0.147. The zero-order chi connectivity index (χ0) is 19.0. The fourth-order valence-corrected chi connectivity index (χ4v) is 3.98. The van der Waals surface area contributed by atoms with Gasteiger partial charge in [-0.25, -0.2) is 0 Å². The van der Waals surface area contributed by atoms with Crippen LogP contribution in [0.2, 0.25) is 0 Å². The van der Waals surface area contributed by atoms with Crippen molar-refractivity contribution in [1.29, 1.82) is 0 Å². The van der Waals surface area contributed by atoms with Crippen molar-refractivity contribution in [1.82, 2.24) is 14.7 Å². The van der Waals surface area contributed by atoms with E-state index in [4.69, 9.17) is 4.42 Å². The SMILES string of the molecule is O=C(CN1C(=O)[C@@H]2CC=CC[C@H]2C1=O)N1CCN(C(=O)c2ccco2)CC1. The molecule has 0 bridgehead atoms. The van der Waals surface area contributed by atoms with Gasteiger partial charge in [0.1, 0.15) is 6.54 Å². The maximum Gasteiger partial charge on any atom is 0.289 e. The number of furan rings is 1. The molecule has 2 fully saturated rings. The van der Waals surface area contributed by atoms with Crippen molar-refractivity contribution >= 4 is 23.6 Å². The van der Waals surface area contributed by atoms with Crippen LogP contribution in [0.15, 0.2) is 35.0 Å². The first kappa shape index (κ1) is 17.5. The maximum atomic E-state index is 12.6. The van der Waals surface area contributed by atoms with Gasteiger partial charge in [0.05, 0.1) is 18.1 Å². The minimum Gasteiger partial charge on any atom is -0.459 e. The first-order chi connectivity index (χ1) is 13.1. The van der Waals surface area contributed by atoms with Crippen molar-refractivity contribution in [3.63, 3.8) is 0 Å². The van der Waals surface area contributed by atoms with Crippen molar-refractivity contribution < 1.29 is 23.6 Å². The van der Waals surface area contributed by atoms with Gasteiger partial charge in [-0.2, -0.15) is 0 Å². The van der Waals surface area contributed by atoms with E-state index in [0.29, 0.717) is 39.0 Å². The molecular formula is C19H21N3O5. The number of amides is 4. The summed E-state index contributed by atoms with van der Waals surface area (Å²) >= 11 is 0. The molecule has 0 N–H and O–H groups in total. The number of carbonyl (C=O) groups is 4. The summed E-state index contributed by atoms with van der Waals surface area (Å²) in [5.74, 6) is -1.30. The summed E-state index contributed by atoms with van der Waals surface area (Å²) in [5, 5.41) is 0. The van der Waals surface area contributed by atoms with E-state index in [1.807, 2.05) is 12.2 Å². The molecule has 0 saturated carbocycles. The second kappa shape index (κ2) is 7.02. The van der Waals surface area contributed by atoms with Crippen LogP contribution in [-0.4, -0.2) is 71.1 Å². The molecule has 27 heavy (non-hydrogen) atoms. The van der Waals surface area contributed by atoms with Crippen LogP contribution in [-0.2, 0) is 14.4 Å². The number of rotatable bonds is 3. The van der Waals surface area contributed by atoms with Gasteiger partial charge in [-0.3, -0.25) is 24.1 Å². The highest BCUT2D eigenvalue weighted by atomic mass is 16.3. The van der Waals surface area contributed by atoms with Gasteiger partial charge >= 0.3 is 0 Å².